The van der Waals surface area contributed by atoms with Gasteiger partial charge in [-0.05, 0) is 18.6 Å². The van der Waals surface area contributed by atoms with Crippen molar-refractivity contribution in [3.05, 3.63) is 41.7 Å². The van der Waals surface area contributed by atoms with Gasteiger partial charge in [0.25, 0.3) is 0 Å². The predicted octanol–water partition coefficient (Wildman–Crippen LogP) is 4.17. The number of pyridine rings is 1. The molecule has 0 aromatic carbocycles. The van der Waals surface area contributed by atoms with Gasteiger partial charge in [-0.25, -0.2) is 9.97 Å². The molecule has 0 saturated heterocycles. The Morgan fingerprint density at radius 3 is 2.33 bits per heavy atom. The van der Waals surface area contributed by atoms with E-state index in [1.165, 1.54) is 6.07 Å². The monoisotopic (exact) mass is 540 g/mol. The quantitative estimate of drug-likeness (QED) is 0.212. The number of aliphatic imine (C=N–C) groups is 1. The van der Waals surface area contributed by atoms with E-state index < -0.39 is 11.7 Å². The first-order chi connectivity index (χ1) is 13.6. The van der Waals surface area contributed by atoms with Gasteiger partial charge in [0.15, 0.2) is 5.96 Å². The third-order valence-corrected chi connectivity index (χ3v) is 3.97. The van der Waals surface area contributed by atoms with Gasteiger partial charge >= 0.3 is 6.18 Å². The van der Waals surface area contributed by atoms with Crippen molar-refractivity contribution in [3.8, 4) is 0 Å². The molecule has 2 aromatic rings. The fourth-order valence-corrected chi connectivity index (χ4v) is 2.30. The lowest BCUT2D eigenvalue weighted by Crippen LogP contribution is -2.37. The Kier molecular flexibility index (Phi) is 9.85. The molecule has 2 rings (SSSR count). The summed E-state index contributed by atoms with van der Waals surface area (Å²) >= 11 is 0. The van der Waals surface area contributed by atoms with Crippen LogP contribution < -0.4 is 16.0 Å². The maximum absolute atomic E-state index is 12.5. The number of oxazole rings is 1. The van der Waals surface area contributed by atoms with Gasteiger partial charge in [0.2, 0.25) is 5.89 Å². The minimum atomic E-state index is -4.38. The van der Waals surface area contributed by atoms with Crippen molar-refractivity contribution in [2.75, 3.05) is 25.5 Å². The van der Waals surface area contributed by atoms with Crippen LogP contribution in [0.25, 0.3) is 0 Å². The molecule has 0 unspecified atom stereocenters. The number of aromatic nitrogens is 2. The van der Waals surface area contributed by atoms with E-state index in [-0.39, 0.29) is 29.4 Å². The van der Waals surface area contributed by atoms with E-state index in [4.69, 9.17) is 4.42 Å². The van der Waals surface area contributed by atoms with Crippen LogP contribution in [0.15, 0.2) is 33.9 Å². The summed E-state index contributed by atoms with van der Waals surface area (Å²) in [6, 6.07) is 2.33. The van der Waals surface area contributed by atoms with Crippen LogP contribution in [0.2, 0.25) is 0 Å². The highest BCUT2D eigenvalue weighted by Crippen LogP contribution is 2.28. The maximum Gasteiger partial charge on any atom is 0.417 e. The molecule has 7 nitrogen and oxygen atoms in total. The van der Waals surface area contributed by atoms with Crippen LogP contribution in [-0.4, -0.2) is 36.1 Å². The van der Waals surface area contributed by atoms with Crippen LogP contribution in [0.1, 0.15) is 44.4 Å². The van der Waals surface area contributed by atoms with Gasteiger partial charge in [-0.15, -0.1) is 24.0 Å². The van der Waals surface area contributed by atoms with Gasteiger partial charge in [0.1, 0.15) is 11.6 Å². The third kappa shape index (κ3) is 8.36. The van der Waals surface area contributed by atoms with Gasteiger partial charge < -0.3 is 20.4 Å². The first-order valence-corrected chi connectivity index (χ1v) is 9.26. The summed E-state index contributed by atoms with van der Waals surface area (Å²) in [5.74, 6) is 2.40. The van der Waals surface area contributed by atoms with E-state index in [0.29, 0.717) is 37.3 Å². The van der Waals surface area contributed by atoms with Crippen molar-refractivity contribution in [3.63, 3.8) is 0 Å². The number of alkyl halides is 3. The molecule has 0 fully saturated rings. The van der Waals surface area contributed by atoms with Gasteiger partial charge in [-0.3, -0.25) is 4.99 Å². The van der Waals surface area contributed by atoms with Crippen LogP contribution in [-0.2, 0) is 18.1 Å². The summed E-state index contributed by atoms with van der Waals surface area (Å²) in [5.41, 5.74) is -0.861. The first-order valence-electron chi connectivity index (χ1n) is 9.26. The third-order valence-electron chi connectivity index (χ3n) is 3.97. The Bertz CT molecular complexity index is 800. The SMILES string of the molecule is CN=C(NCCCNc1ccc(C(F)(F)F)cn1)NCc1ncc(C(C)(C)C)o1.I. The van der Waals surface area contributed by atoms with Crippen LogP contribution in [0.3, 0.4) is 0 Å². The molecule has 11 heteroatoms. The Morgan fingerprint density at radius 1 is 1.07 bits per heavy atom. The molecule has 0 atom stereocenters. The topological polar surface area (TPSA) is 87.4 Å². The molecular formula is C19H28F3IN6O. The molecule has 3 N–H and O–H groups in total. The lowest BCUT2D eigenvalue weighted by molar-refractivity contribution is -0.137. The first kappa shape index (κ1) is 26.0. The molecule has 168 valence electrons. The standard InChI is InChI=1S/C19H27F3N6O.HI/c1-18(2,3)14-11-27-16(29-14)12-28-17(23-4)25-9-5-8-24-15-7-6-13(10-26-15)19(20,21)22;/h6-7,10-11H,5,8-9,12H2,1-4H3,(H,24,26)(H2,23,25,28);1H. The van der Waals surface area contributed by atoms with E-state index >= 15 is 0 Å². The van der Waals surface area contributed by atoms with Crippen molar-refractivity contribution >= 4 is 35.8 Å². The van der Waals surface area contributed by atoms with E-state index in [0.717, 1.165) is 24.4 Å². The van der Waals surface area contributed by atoms with E-state index in [2.05, 4.69) is 51.7 Å². The number of hydrogen-bond donors (Lipinski definition) is 3. The number of halogens is 4. The molecule has 0 aliphatic carbocycles. The zero-order valence-corrected chi connectivity index (χ0v) is 19.8. The summed E-state index contributed by atoms with van der Waals surface area (Å²) in [6.45, 7) is 7.74. The number of hydrogen-bond acceptors (Lipinski definition) is 5. The highest BCUT2D eigenvalue weighted by molar-refractivity contribution is 14.0. The maximum atomic E-state index is 12.5. The zero-order chi connectivity index (χ0) is 21.5. The predicted molar refractivity (Wildman–Crippen MR) is 121 cm³/mol. The second-order valence-corrected chi connectivity index (χ2v) is 7.43. The van der Waals surface area contributed by atoms with Crippen LogP contribution in [0.4, 0.5) is 19.0 Å². The molecule has 0 radical (unpaired) electrons. The van der Waals surface area contributed by atoms with Crippen molar-refractivity contribution in [1.29, 1.82) is 0 Å². The Morgan fingerprint density at radius 2 is 1.80 bits per heavy atom. The van der Waals surface area contributed by atoms with Crippen LogP contribution in [0, 0.1) is 0 Å². The molecule has 30 heavy (non-hydrogen) atoms. The average Bonchev–Trinajstić information content (AvgIpc) is 3.13. The molecule has 0 saturated carbocycles. The Hall–Kier alpha value is -2.05. The fourth-order valence-electron chi connectivity index (χ4n) is 2.30. The molecule has 0 aliphatic heterocycles. The van der Waals surface area contributed by atoms with Crippen molar-refractivity contribution in [1.82, 2.24) is 20.6 Å². The van der Waals surface area contributed by atoms with Crippen molar-refractivity contribution in [2.45, 2.75) is 45.3 Å². The van der Waals surface area contributed by atoms with Gasteiger partial charge in [0.05, 0.1) is 18.3 Å². The van der Waals surface area contributed by atoms with E-state index in [1.54, 1.807) is 13.2 Å². The van der Waals surface area contributed by atoms with E-state index in [1.807, 2.05) is 0 Å². The summed E-state index contributed by atoms with van der Waals surface area (Å²) in [6.07, 6.45) is -1.11. The van der Waals surface area contributed by atoms with Crippen LogP contribution >= 0.6 is 24.0 Å². The average molecular weight is 540 g/mol. The summed E-state index contributed by atoms with van der Waals surface area (Å²) in [4.78, 5) is 12.2. The van der Waals surface area contributed by atoms with Gasteiger partial charge in [-0.1, -0.05) is 20.8 Å². The molecule has 0 bridgehead atoms. The molecule has 0 spiro atoms. The number of nitrogens with one attached hydrogen (secondary N) is 3. The second kappa shape index (κ2) is 11.4. The lowest BCUT2D eigenvalue weighted by atomic mass is 9.94. The largest absolute Gasteiger partial charge is 0.443 e. The van der Waals surface area contributed by atoms with Crippen molar-refractivity contribution in [2.24, 2.45) is 4.99 Å². The van der Waals surface area contributed by atoms with Crippen LogP contribution in [0.5, 0.6) is 0 Å². The lowest BCUT2D eigenvalue weighted by Gasteiger charge is -2.13. The zero-order valence-electron chi connectivity index (χ0n) is 17.4. The highest BCUT2D eigenvalue weighted by atomic mass is 127. The molecular weight excluding hydrogens is 512 g/mol. The van der Waals surface area contributed by atoms with Crippen molar-refractivity contribution < 1.29 is 17.6 Å². The normalized spacial score (nSPS) is 12.3. The molecule has 0 amide bonds. The summed E-state index contributed by atoms with van der Waals surface area (Å²) in [5, 5.41) is 9.26. The van der Waals surface area contributed by atoms with Gasteiger partial charge in [-0.2, -0.15) is 13.2 Å². The van der Waals surface area contributed by atoms with Gasteiger partial charge in [0, 0.05) is 31.7 Å². The molecule has 2 heterocycles. The Balaban J connectivity index is 0.00000450. The van der Waals surface area contributed by atoms with E-state index in [9.17, 15) is 13.2 Å². The fraction of sp³-hybridized carbons (Fsp3) is 0.526. The second-order valence-electron chi connectivity index (χ2n) is 7.43. The number of nitrogens with zero attached hydrogens (tertiary/aromatic N) is 3. The molecule has 2 aromatic heterocycles. The highest BCUT2D eigenvalue weighted by Gasteiger charge is 2.30. The summed E-state index contributed by atoms with van der Waals surface area (Å²) in [7, 11) is 1.66. The minimum absolute atomic E-state index is 0. The minimum Gasteiger partial charge on any atom is -0.443 e. The Labute approximate surface area is 191 Å². The number of anilines is 1. The smallest absolute Gasteiger partial charge is 0.417 e. The number of guanidine groups is 1. The molecule has 0 aliphatic rings. The number of rotatable bonds is 7. The summed E-state index contributed by atoms with van der Waals surface area (Å²) < 4.78 is 43.3.